The summed E-state index contributed by atoms with van der Waals surface area (Å²) in [4.78, 5) is 38.3. The molecule has 3 amide bonds. The van der Waals surface area contributed by atoms with Crippen LogP contribution in [0.2, 0.25) is 0 Å². The third-order valence-corrected chi connectivity index (χ3v) is 5.71. The third kappa shape index (κ3) is 6.09. The van der Waals surface area contributed by atoms with Crippen molar-refractivity contribution in [2.75, 3.05) is 17.2 Å². The summed E-state index contributed by atoms with van der Waals surface area (Å²) in [5.74, 6) is -0.0150. The average Bonchev–Trinajstić information content (AvgIpc) is 3.08. The molecule has 1 heterocycles. The fourth-order valence-corrected chi connectivity index (χ4v) is 4.03. The first-order valence-electron chi connectivity index (χ1n) is 9.62. The zero-order valence-electron chi connectivity index (χ0n) is 16.6. The van der Waals surface area contributed by atoms with Gasteiger partial charge in [-0.25, -0.2) is 0 Å². The van der Waals surface area contributed by atoms with Crippen molar-refractivity contribution in [1.29, 1.82) is 0 Å². The minimum absolute atomic E-state index is 0.0877. The van der Waals surface area contributed by atoms with Gasteiger partial charge in [0.05, 0.1) is 5.25 Å². The molecule has 2 N–H and O–H groups in total. The Morgan fingerprint density at radius 2 is 1.86 bits per heavy atom. The molecule has 29 heavy (non-hydrogen) atoms. The molecule has 2 aromatic rings. The fraction of sp³-hybridized carbons (Fsp3) is 0.318. The summed E-state index contributed by atoms with van der Waals surface area (Å²) in [5.41, 5.74) is 2.46. The number of carbonyl (C=O) groups is 3. The van der Waals surface area contributed by atoms with Gasteiger partial charge in [0.1, 0.15) is 0 Å². The second-order valence-corrected chi connectivity index (χ2v) is 8.49. The van der Waals surface area contributed by atoms with E-state index in [0.717, 1.165) is 34.8 Å². The monoisotopic (exact) mass is 411 g/mol. The molecular weight excluding hydrogens is 386 g/mol. The first kappa shape index (κ1) is 20.9. The number of thioether (sulfide) groups is 1. The van der Waals surface area contributed by atoms with Crippen LogP contribution in [0.3, 0.4) is 0 Å². The fourth-order valence-electron chi connectivity index (χ4n) is 3.16. The maximum atomic E-state index is 12.6. The number of hydrogen-bond donors (Lipinski definition) is 2. The number of amides is 3. The lowest BCUT2D eigenvalue weighted by Crippen LogP contribution is -2.24. The molecule has 0 bridgehead atoms. The normalized spacial score (nSPS) is 14.6. The molecule has 1 aliphatic heterocycles. The molecule has 1 saturated heterocycles. The SMILES string of the molecule is CC(=O)Nc1ccc(SC(C)C(=O)Nc2cccc(CN3CCCC3=O)c2)cc1. The quantitative estimate of drug-likeness (QED) is 0.678. The molecular formula is C22H25N3O3S. The minimum atomic E-state index is -0.287. The molecule has 0 saturated carbocycles. The van der Waals surface area contributed by atoms with E-state index >= 15 is 0 Å². The van der Waals surface area contributed by atoms with Gasteiger partial charge in [-0.2, -0.15) is 0 Å². The predicted octanol–water partition coefficient (Wildman–Crippen LogP) is 3.89. The van der Waals surface area contributed by atoms with Crippen LogP contribution in [-0.4, -0.2) is 34.4 Å². The van der Waals surface area contributed by atoms with E-state index in [0.29, 0.717) is 13.0 Å². The first-order chi connectivity index (χ1) is 13.9. The Kier molecular flexibility index (Phi) is 6.93. The number of rotatable bonds is 7. The van der Waals surface area contributed by atoms with Crippen LogP contribution in [0.5, 0.6) is 0 Å². The van der Waals surface area contributed by atoms with Gasteiger partial charge in [-0.05, 0) is 55.3 Å². The maximum absolute atomic E-state index is 12.6. The highest BCUT2D eigenvalue weighted by atomic mass is 32.2. The highest BCUT2D eigenvalue weighted by molar-refractivity contribution is 8.00. The van der Waals surface area contributed by atoms with Crippen molar-refractivity contribution in [2.24, 2.45) is 0 Å². The molecule has 2 aromatic carbocycles. The van der Waals surface area contributed by atoms with Crippen LogP contribution < -0.4 is 10.6 Å². The first-order valence-corrected chi connectivity index (χ1v) is 10.5. The van der Waals surface area contributed by atoms with Crippen LogP contribution in [0.1, 0.15) is 32.3 Å². The van der Waals surface area contributed by atoms with Crippen molar-refractivity contribution in [3.63, 3.8) is 0 Å². The number of nitrogens with one attached hydrogen (secondary N) is 2. The van der Waals surface area contributed by atoms with E-state index in [1.165, 1.54) is 18.7 Å². The number of anilines is 2. The molecule has 152 valence electrons. The molecule has 1 unspecified atom stereocenters. The van der Waals surface area contributed by atoms with Crippen LogP contribution in [0.4, 0.5) is 11.4 Å². The van der Waals surface area contributed by atoms with E-state index in [1.807, 2.05) is 60.4 Å². The summed E-state index contributed by atoms with van der Waals surface area (Å²) in [6, 6.07) is 15.0. The Morgan fingerprint density at radius 1 is 1.10 bits per heavy atom. The Morgan fingerprint density at radius 3 is 2.52 bits per heavy atom. The maximum Gasteiger partial charge on any atom is 0.237 e. The minimum Gasteiger partial charge on any atom is -0.338 e. The van der Waals surface area contributed by atoms with Gasteiger partial charge in [0, 0.05) is 42.7 Å². The van der Waals surface area contributed by atoms with Crippen LogP contribution in [0.15, 0.2) is 53.4 Å². The van der Waals surface area contributed by atoms with Crippen LogP contribution in [0, 0.1) is 0 Å². The molecule has 1 fully saturated rings. The van der Waals surface area contributed by atoms with Gasteiger partial charge in [0.25, 0.3) is 0 Å². The molecule has 0 aromatic heterocycles. The number of benzene rings is 2. The molecule has 1 aliphatic rings. The Bertz CT molecular complexity index is 898. The average molecular weight is 412 g/mol. The second-order valence-electron chi connectivity index (χ2n) is 7.07. The van der Waals surface area contributed by atoms with Crippen LogP contribution >= 0.6 is 11.8 Å². The molecule has 1 atom stereocenters. The van der Waals surface area contributed by atoms with Crippen molar-refractivity contribution in [3.05, 3.63) is 54.1 Å². The highest BCUT2D eigenvalue weighted by Crippen LogP contribution is 2.26. The zero-order chi connectivity index (χ0) is 20.8. The van der Waals surface area contributed by atoms with E-state index in [9.17, 15) is 14.4 Å². The van der Waals surface area contributed by atoms with E-state index < -0.39 is 0 Å². The lowest BCUT2D eigenvalue weighted by Gasteiger charge is -2.17. The van der Waals surface area contributed by atoms with Crippen LogP contribution in [0.25, 0.3) is 0 Å². The summed E-state index contributed by atoms with van der Waals surface area (Å²) in [7, 11) is 0. The van der Waals surface area contributed by atoms with Gasteiger partial charge in [0.2, 0.25) is 17.7 Å². The van der Waals surface area contributed by atoms with Crippen molar-refractivity contribution in [2.45, 2.75) is 43.4 Å². The Balaban J connectivity index is 1.55. The largest absolute Gasteiger partial charge is 0.338 e. The number of nitrogens with zero attached hydrogens (tertiary/aromatic N) is 1. The molecule has 3 rings (SSSR count). The van der Waals surface area contributed by atoms with Gasteiger partial charge in [-0.1, -0.05) is 12.1 Å². The predicted molar refractivity (Wildman–Crippen MR) is 116 cm³/mol. The van der Waals surface area contributed by atoms with Gasteiger partial charge >= 0.3 is 0 Å². The molecule has 0 spiro atoms. The molecule has 0 aliphatic carbocycles. The Hall–Kier alpha value is -2.80. The van der Waals surface area contributed by atoms with E-state index in [4.69, 9.17) is 0 Å². The summed E-state index contributed by atoms with van der Waals surface area (Å²) < 4.78 is 0. The van der Waals surface area contributed by atoms with E-state index in [2.05, 4.69) is 10.6 Å². The summed E-state index contributed by atoms with van der Waals surface area (Å²) in [5, 5.41) is 5.39. The van der Waals surface area contributed by atoms with Crippen molar-refractivity contribution in [1.82, 2.24) is 4.90 Å². The van der Waals surface area contributed by atoms with Gasteiger partial charge in [0.15, 0.2) is 0 Å². The summed E-state index contributed by atoms with van der Waals surface area (Å²) in [6.07, 6.45) is 1.53. The van der Waals surface area contributed by atoms with E-state index in [-0.39, 0.29) is 23.0 Å². The highest BCUT2D eigenvalue weighted by Gasteiger charge is 2.20. The standard InChI is InChI=1S/C22H25N3O3S/c1-15(29-20-10-8-18(9-11-20)23-16(2)26)22(28)24-19-6-3-5-17(13-19)14-25-12-4-7-21(25)27/h3,5-6,8-11,13,15H,4,7,12,14H2,1-2H3,(H,23,26)(H,24,28). The van der Waals surface area contributed by atoms with Gasteiger partial charge in [-0.15, -0.1) is 11.8 Å². The number of carbonyl (C=O) groups excluding carboxylic acids is 3. The lowest BCUT2D eigenvalue weighted by atomic mass is 10.2. The topological polar surface area (TPSA) is 78.5 Å². The molecule has 6 nitrogen and oxygen atoms in total. The number of likely N-dealkylation sites (tertiary alicyclic amines) is 1. The molecule has 0 radical (unpaired) electrons. The zero-order valence-corrected chi connectivity index (χ0v) is 17.4. The Labute approximate surface area is 175 Å². The van der Waals surface area contributed by atoms with Crippen molar-refractivity contribution < 1.29 is 14.4 Å². The van der Waals surface area contributed by atoms with Gasteiger partial charge < -0.3 is 15.5 Å². The van der Waals surface area contributed by atoms with Gasteiger partial charge in [-0.3, -0.25) is 14.4 Å². The smallest absolute Gasteiger partial charge is 0.237 e. The lowest BCUT2D eigenvalue weighted by molar-refractivity contribution is -0.128. The molecule has 7 heteroatoms. The second kappa shape index (κ2) is 9.60. The van der Waals surface area contributed by atoms with Crippen molar-refractivity contribution in [3.8, 4) is 0 Å². The van der Waals surface area contributed by atoms with Crippen LogP contribution in [-0.2, 0) is 20.9 Å². The van der Waals surface area contributed by atoms with Crippen molar-refractivity contribution >= 4 is 40.9 Å². The third-order valence-electron chi connectivity index (χ3n) is 4.60. The van der Waals surface area contributed by atoms with E-state index in [1.54, 1.807) is 0 Å². The number of hydrogen-bond acceptors (Lipinski definition) is 4. The summed E-state index contributed by atoms with van der Waals surface area (Å²) >= 11 is 1.45. The summed E-state index contributed by atoms with van der Waals surface area (Å²) in [6.45, 7) is 4.69.